The van der Waals surface area contributed by atoms with Crippen molar-refractivity contribution in [2.75, 3.05) is 0 Å². The average molecular weight is 461 g/mol. The molecule has 0 aliphatic heterocycles. The topological polar surface area (TPSA) is 0 Å². The number of hydrogen-bond donors (Lipinski definition) is 0. The van der Waals surface area contributed by atoms with Crippen molar-refractivity contribution in [1.29, 1.82) is 0 Å². The molecule has 2 aliphatic rings. The molecule has 0 spiro atoms. The summed E-state index contributed by atoms with van der Waals surface area (Å²) in [6.07, 6.45) is 19.5. The molecular weight excluding hydrogens is 431 g/mol. The Labute approximate surface area is 205 Å². The number of allylic oxidation sites excluding steroid dienone is 4. The molecule has 3 heteroatoms. The van der Waals surface area contributed by atoms with E-state index in [-0.39, 0.29) is 46.5 Å². The summed E-state index contributed by atoms with van der Waals surface area (Å²) >= 11 is 0. The predicted octanol–water partition coefficient (Wildman–Crippen LogP) is 1.49. The molecule has 0 radical (unpaired) electrons. The zero-order valence-electron chi connectivity index (χ0n) is 17.3. The fourth-order valence-electron chi connectivity index (χ4n) is 3.72. The van der Waals surface area contributed by atoms with Crippen molar-refractivity contribution >= 4 is 0 Å². The fraction of sp³-hybridized carbons (Fsp3) is 0.385. The minimum absolute atomic E-state index is 0. The van der Waals surface area contributed by atoms with Gasteiger partial charge in [-0.1, -0.05) is 87.3 Å². The molecule has 29 heavy (non-hydrogen) atoms. The third-order valence-electron chi connectivity index (χ3n) is 5.18. The van der Waals surface area contributed by atoms with Crippen LogP contribution in [0.4, 0.5) is 0 Å². The maximum Gasteiger partial charge on any atom is 2.00 e. The third-order valence-corrected chi connectivity index (χ3v) is 5.18. The van der Waals surface area contributed by atoms with E-state index in [9.17, 15) is 0 Å². The van der Waals surface area contributed by atoms with E-state index in [2.05, 4.69) is 67.6 Å². The van der Waals surface area contributed by atoms with Gasteiger partial charge in [-0.05, 0) is 6.42 Å². The number of halogens is 2. The van der Waals surface area contributed by atoms with Crippen molar-refractivity contribution in [2.24, 2.45) is 0 Å². The second kappa shape index (κ2) is 16.0. The second-order valence-corrected chi connectivity index (χ2v) is 7.22. The van der Waals surface area contributed by atoms with Crippen LogP contribution < -0.4 is 24.8 Å². The molecule has 0 aromatic heterocycles. The Kier molecular flexibility index (Phi) is 15.5. The van der Waals surface area contributed by atoms with E-state index in [4.69, 9.17) is 0 Å². The molecule has 0 N–H and O–H groups in total. The van der Waals surface area contributed by atoms with Crippen LogP contribution in [-0.4, -0.2) is 0 Å². The minimum Gasteiger partial charge on any atom is -1.00 e. The summed E-state index contributed by atoms with van der Waals surface area (Å²) in [5.74, 6) is 0. The maximum absolute atomic E-state index is 3.36. The molecule has 154 valence electrons. The van der Waals surface area contributed by atoms with Gasteiger partial charge in [-0.25, -0.2) is 11.6 Å². The Bertz CT molecular complexity index is 721. The van der Waals surface area contributed by atoms with Gasteiger partial charge < -0.3 is 24.8 Å². The van der Waals surface area contributed by atoms with E-state index < -0.39 is 0 Å². The van der Waals surface area contributed by atoms with Gasteiger partial charge in [0.25, 0.3) is 0 Å². The maximum atomic E-state index is 3.36. The van der Waals surface area contributed by atoms with Gasteiger partial charge in [-0.15, -0.1) is 12.0 Å². The predicted molar refractivity (Wildman–Crippen MR) is 112 cm³/mol. The van der Waals surface area contributed by atoms with E-state index >= 15 is 0 Å². The quantitative estimate of drug-likeness (QED) is 0.284. The molecule has 0 amide bonds. The SMILES string of the molecule is CCCCCCCCC1=[C-]CC=C1.[Cl-].[Cl-].[Ti+2].[c-]1cccc2c1Cc1ccccc1-2. The van der Waals surface area contributed by atoms with Gasteiger partial charge in [0.1, 0.15) is 0 Å². The Morgan fingerprint density at radius 3 is 2.34 bits per heavy atom. The van der Waals surface area contributed by atoms with Crippen LogP contribution in [0.5, 0.6) is 0 Å². The van der Waals surface area contributed by atoms with Gasteiger partial charge in [-0.3, -0.25) is 6.08 Å². The van der Waals surface area contributed by atoms with Crippen LogP contribution in [0.2, 0.25) is 0 Å². The number of unbranched alkanes of at least 4 members (excludes halogenated alkanes) is 5. The number of hydrogen-bond acceptors (Lipinski definition) is 0. The third kappa shape index (κ3) is 8.85. The molecule has 0 nitrogen and oxygen atoms in total. The van der Waals surface area contributed by atoms with Crippen molar-refractivity contribution in [3.05, 3.63) is 83.5 Å². The standard InChI is InChI=1S/C13H9.C13H21.2ClH.Ti/c1-3-7-12-10(5-1)9-11-6-2-4-8-13(11)12;1-2-3-4-5-6-7-10-13-11-8-9-12-13;;;/h1-5,7-8H,9H2;8,11H,2-7,9-10H2,1H3;2*1H;/q2*-1;;;+2/p-2. The molecule has 0 saturated heterocycles. The molecule has 0 atom stereocenters. The van der Waals surface area contributed by atoms with Crippen LogP contribution in [0.15, 0.2) is 60.2 Å². The molecular formula is C26H30Cl2Ti-2. The fourth-order valence-corrected chi connectivity index (χ4v) is 3.72. The first kappa shape index (κ1) is 28.2. The molecule has 0 bridgehead atoms. The number of rotatable bonds is 7. The Morgan fingerprint density at radius 2 is 1.59 bits per heavy atom. The van der Waals surface area contributed by atoms with Crippen molar-refractivity contribution in [3.63, 3.8) is 0 Å². The van der Waals surface area contributed by atoms with Crippen LogP contribution in [0.1, 0.15) is 69.4 Å². The van der Waals surface area contributed by atoms with Crippen molar-refractivity contribution in [2.45, 2.75) is 64.7 Å². The van der Waals surface area contributed by atoms with Crippen molar-refractivity contribution in [3.8, 4) is 11.1 Å². The number of benzene rings is 2. The zero-order valence-corrected chi connectivity index (χ0v) is 20.4. The van der Waals surface area contributed by atoms with E-state index in [0.29, 0.717) is 0 Å². The van der Waals surface area contributed by atoms with Gasteiger partial charge in [0.15, 0.2) is 0 Å². The summed E-state index contributed by atoms with van der Waals surface area (Å²) in [7, 11) is 0. The first-order valence-corrected chi connectivity index (χ1v) is 10.2. The summed E-state index contributed by atoms with van der Waals surface area (Å²) < 4.78 is 0. The monoisotopic (exact) mass is 460 g/mol. The molecule has 2 aliphatic carbocycles. The minimum atomic E-state index is 0. The Hall–Kier alpha value is -0.786. The van der Waals surface area contributed by atoms with Crippen LogP contribution >= 0.6 is 0 Å². The molecule has 0 heterocycles. The van der Waals surface area contributed by atoms with Gasteiger partial charge in [0.2, 0.25) is 0 Å². The van der Waals surface area contributed by atoms with E-state index in [1.165, 1.54) is 72.8 Å². The van der Waals surface area contributed by atoms with Gasteiger partial charge >= 0.3 is 21.7 Å². The van der Waals surface area contributed by atoms with Gasteiger partial charge in [-0.2, -0.15) is 35.9 Å². The van der Waals surface area contributed by atoms with Crippen molar-refractivity contribution < 1.29 is 46.5 Å². The normalized spacial score (nSPS) is 12.2. The molecule has 0 fully saturated rings. The summed E-state index contributed by atoms with van der Waals surface area (Å²) in [6, 6.07) is 18.1. The van der Waals surface area contributed by atoms with Crippen LogP contribution in [0.3, 0.4) is 0 Å². The first-order chi connectivity index (χ1) is 12.9. The Morgan fingerprint density at radius 1 is 0.862 bits per heavy atom. The van der Waals surface area contributed by atoms with Gasteiger partial charge in [0.05, 0.1) is 0 Å². The zero-order chi connectivity index (χ0) is 18.0. The van der Waals surface area contributed by atoms with E-state index in [0.717, 1.165) is 12.8 Å². The molecule has 2 aromatic rings. The summed E-state index contributed by atoms with van der Waals surface area (Å²) in [4.78, 5) is 0. The van der Waals surface area contributed by atoms with Crippen molar-refractivity contribution in [1.82, 2.24) is 0 Å². The smallest absolute Gasteiger partial charge is 1.00 e. The summed E-state index contributed by atoms with van der Waals surface area (Å²) in [5, 5.41) is 0. The average Bonchev–Trinajstić information content (AvgIpc) is 3.32. The first-order valence-electron chi connectivity index (χ1n) is 10.2. The molecule has 0 saturated carbocycles. The molecule has 4 rings (SSSR count). The van der Waals surface area contributed by atoms with E-state index in [1.54, 1.807) is 0 Å². The molecule has 0 unspecified atom stereocenters. The number of fused-ring (bicyclic) bond motifs is 3. The summed E-state index contributed by atoms with van der Waals surface area (Å²) in [6.45, 7) is 2.27. The van der Waals surface area contributed by atoms with Crippen LogP contribution in [0.25, 0.3) is 11.1 Å². The van der Waals surface area contributed by atoms with Gasteiger partial charge in [0, 0.05) is 0 Å². The largest absolute Gasteiger partial charge is 2.00 e. The van der Waals surface area contributed by atoms with Crippen LogP contribution in [-0.2, 0) is 28.1 Å². The molecule has 2 aromatic carbocycles. The van der Waals surface area contributed by atoms with Crippen LogP contribution in [0, 0.1) is 12.1 Å². The summed E-state index contributed by atoms with van der Waals surface area (Å²) in [5.41, 5.74) is 6.95. The second-order valence-electron chi connectivity index (χ2n) is 7.22. The van der Waals surface area contributed by atoms with E-state index in [1.807, 2.05) is 6.07 Å². The Balaban J connectivity index is 0.000000490.